The summed E-state index contributed by atoms with van der Waals surface area (Å²) in [6.45, 7) is 8.28. The molecule has 4 nitrogen and oxygen atoms in total. The molecule has 2 saturated heterocycles. The summed E-state index contributed by atoms with van der Waals surface area (Å²) in [5, 5.41) is 4.44. The summed E-state index contributed by atoms with van der Waals surface area (Å²) in [5.41, 5.74) is 3.02. The minimum Gasteiger partial charge on any atom is -0.379 e. The van der Waals surface area contributed by atoms with Gasteiger partial charge < -0.3 is 4.74 Å². The van der Waals surface area contributed by atoms with E-state index in [-0.39, 0.29) is 5.41 Å². The first-order valence-electron chi connectivity index (χ1n) is 8.74. The van der Waals surface area contributed by atoms with Crippen LogP contribution in [0.2, 0.25) is 0 Å². The highest BCUT2D eigenvalue weighted by Crippen LogP contribution is 2.34. The van der Waals surface area contributed by atoms with E-state index >= 15 is 0 Å². The van der Waals surface area contributed by atoms with Gasteiger partial charge in [-0.2, -0.15) is 11.3 Å². The molecule has 2 aromatic rings. The van der Waals surface area contributed by atoms with E-state index in [4.69, 9.17) is 4.74 Å². The molecule has 2 aliphatic heterocycles. The standard InChI is InChI=1S/C19H25N3OS/c1-2-17(10-20-5-1)11-21-6-4-19(14-21)15-22(7-8-23-16-19)12-18-3-9-24-13-18/h1-3,5,9-10,13H,4,6-8,11-12,14-16H2/t19-/m0/s1. The molecule has 0 radical (unpaired) electrons. The molecule has 2 aliphatic rings. The van der Waals surface area contributed by atoms with Crippen LogP contribution in [-0.2, 0) is 17.8 Å². The number of rotatable bonds is 4. The van der Waals surface area contributed by atoms with E-state index in [0.717, 1.165) is 52.5 Å². The van der Waals surface area contributed by atoms with Crippen molar-refractivity contribution in [2.24, 2.45) is 5.41 Å². The zero-order valence-electron chi connectivity index (χ0n) is 14.1. The minimum absolute atomic E-state index is 0.286. The van der Waals surface area contributed by atoms with Gasteiger partial charge in [-0.3, -0.25) is 14.8 Å². The Labute approximate surface area is 148 Å². The van der Waals surface area contributed by atoms with Crippen LogP contribution >= 0.6 is 11.3 Å². The fourth-order valence-corrected chi connectivity index (χ4v) is 4.68. The van der Waals surface area contributed by atoms with Crippen molar-refractivity contribution >= 4 is 11.3 Å². The van der Waals surface area contributed by atoms with Crippen molar-refractivity contribution in [3.05, 3.63) is 52.5 Å². The highest BCUT2D eigenvalue weighted by molar-refractivity contribution is 7.07. The minimum atomic E-state index is 0.286. The Bertz CT molecular complexity index is 633. The zero-order chi connectivity index (χ0) is 16.2. The first-order chi connectivity index (χ1) is 11.8. The maximum Gasteiger partial charge on any atom is 0.0593 e. The number of hydrogen-bond donors (Lipinski definition) is 0. The van der Waals surface area contributed by atoms with Gasteiger partial charge >= 0.3 is 0 Å². The van der Waals surface area contributed by atoms with E-state index in [0.29, 0.717) is 0 Å². The van der Waals surface area contributed by atoms with Crippen LogP contribution in [0.5, 0.6) is 0 Å². The Morgan fingerprint density at radius 3 is 2.79 bits per heavy atom. The predicted molar refractivity (Wildman–Crippen MR) is 97.0 cm³/mol. The monoisotopic (exact) mass is 343 g/mol. The van der Waals surface area contributed by atoms with Gasteiger partial charge in [0.05, 0.1) is 13.2 Å². The topological polar surface area (TPSA) is 28.6 Å². The molecule has 0 bridgehead atoms. The fraction of sp³-hybridized carbons (Fsp3) is 0.526. The second kappa shape index (κ2) is 7.31. The molecule has 0 saturated carbocycles. The maximum absolute atomic E-state index is 6.00. The van der Waals surface area contributed by atoms with Gasteiger partial charge in [0.2, 0.25) is 0 Å². The lowest BCUT2D eigenvalue weighted by Gasteiger charge is -2.32. The predicted octanol–water partition coefficient (Wildman–Crippen LogP) is 2.87. The first kappa shape index (κ1) is 16.2. The Morgan fingerprint density at radius 2 is 2.00 bits per heavy atom. The van der Waals surface area contributed by atoms with Crippen molar-refractivity contribution in [1.29, 1.82) is 0 Å². The quantitative estimate of drug-likeness (QED) is 0.853. The molecule has 0 amide bonds. The average molecular weight is 343 g/mol. The third-order valence-corrected chi connectivity index (χ3v) is 5.88. The molecule has 4 heterocycles. The van der Waals surface area contributed by atoms with E-state index in [1.165, 1.54) is 17.5 Å². The van der Waals surface area contributed by atoms with Crippen molar-refractivity contribution in [2.75, 3.05) is 39.4 Å². The van der Waals surface area contributed by atoms with Crippen molar-refractivity contribution in [3.63, 3.8) is 0 Å². The number of hydrogen-bond acceptors (Lipinski definition) is 5. The fourth-order valence-electron chi connectivity index (χ4n) is 4.02. The van der Waals surface area contributed by atoms with Crippen LogP contribution in [0.3, 0.4) is 0 Å². The van der Waals surface area contributed by atoms with Crippen molar-refractivity contribution in [3.8, 4) is 0 Å². The van der Waals surface area contributed by atoms with Gasteiger partial charge in [0.1, 0.15) is 0 Å². The molecule has 0 unspecified atom stereocenters. The van der Waals surface area contributed by atoms with Crippen LogP contribution in [-0.4, -0.2) is 54.2 Å². The number of ether oxygens (including phenoxy) is 1. The summed E-state index contributed by atoms with van der Waals surface area (Å²) in [4.78, 5) is 9.39. The first-order valence-corrected chi connectivity index (χ1v) is 9.68. The third-order valence-electron chi connectivity index (χ3n) is 5.15. The van der Waals surface area contributed by atoms with E-state index in [1.54, 1.807) is 11.3 Å². The van der Waals surface area contributed by atoms with Crippen LogP contribution < -0.4 is 0 Å². The molecule has 5 heteroatoms. The molecule has 0 N–H and O–H groups in total. The van der Waals surface area contributed by atoms with Gasteiger partial charge in [0.25, 0.3) is 0 Å². The summed E-state index contributed by atoms with van der Waals surface area (Å²) in [7, 11) is 0. The van der Waals surface area contributed by atoms with Gasteiger partial charge in [0.15, 0.2) is 0 Å². The normalized spacial score (nSPS) is 26.0. The highest BCUT2D eigenvalue weighted by Gasteiger charge is 2.40. The van der Waals surface area contributed by atoms with E-state index in [9.17, 15) is 0 Å². The Balaban J connectivity index is 1.40. The largest absolute Gasteiger partial charge is 0.379 e. The molecular weight excluding hydrogens is 318 g/mol. The van der Waals surface area contributed by atoms with E-state index in [2.05, 4.69) is 37.7 Å². The van der Waals surface area contributed by atoms with Gasteiger partial charge in [-0.25, -0.2) is 0 Å². The van der Waals surface area contributed by atoms with Crippen molar-refractivity contribution < 1.29 is 4.74 Å². The molecule has 24 heavy (non-hydrogen) atoms. The van der Waals surface area contributed by atoms with E-state index in [1.807, 2.05) is 18.5 Å². The maximum atomic E-state index is 6.00. The van der Waals surface area contributed by atoms with Gasteiger partial charge in [-0.15, -0.1) is 0 Å². The second-order valence-electron chi connectivity index (χ2n) is 7.22. The summed E-state index contributed by atoms with van der Waals surface area (Å²) < 4.78 is 6.00. The summed E-state index contributed by atoms with van der Waals surface area (Å²) in [6, 6.07) is 6.44. The number of likely N-dealkylation sites (tertiary alicyclic amines) is 1. The van der Waals surface area contributed by atoms with Crippen LogP contribution in [0.15, 0.2) is 41.4 Å². The zero-order valence-corrected chi connectivity index (χ0v) is 14.9. The third kappa shape index (κ3) is 3.86. The van der Waals surface area contributed by atoms with Crippen LogP contribution in [0.25, 0.3) is 0 Å². The lowest BCUT2D eigenvalue weighted by molar-refractivity contribution is 0.0706. The molecule has 4 rings (SSSR count). The van der Waals surface area contributed by atoms with Crippen LogP contribution in [0, 0.1) is 5.41 Å². The van der Waals surface area contributed by atoms with E-state index < -0.39 is 0 Å². The summed E-state index contributed by atoms with van der Waals surface area (Å²) in [5.74, 6) is 0. The Kier molecular flexibility index (Phi) is 4.94. The lowest BCUT2D eigenvalue weighted by Crippen LogP contribution is -2.40. The summed E-state index contributed by atoms with van der Waals surface area (Å²) in [6.07, 6.45) is 5.06. The second-order valence-corrected chi connectivity index (χ2v) is 8.00. The highest BCUT2D eigenvalue weighted by atomic mass is 32.1. The lowest BCUT2D eigenvalue weighted by atomic mass is 9.87. The average Bonchev–Trinajstić information content (AvgIpc) is 3.18. The van der Waals surface area contributed by atoms with Gasteiger partial charge in [-0.05, 0) is 47.0 Å². The molecule has 0 aromatic carbocycles. The number of pyridine rings is 1. The molecule has 0 aliphatic carbocycles. The molecule has 2 aromatic heterocycles. The van der Waals surface area contributed by atoms with Crippen molar-refractivity contribution in [1.82, 2.24) is 14.8 Å². The smallest absolute Gasteiger partial charge is 0.0593 e. The van der Waals surface area contributed by atoms with Crippen molar-refractivity contribution in [2.45, 2.75) is 19.5 Å². The molecule has 2 fully saturated rings. The Hall–Kier alpha value is -1.27. The summed E-state index contributed by atoms with van der Waals surface area (Å²) >= 11 is 1.79. The molecular formula is C19H25N3OS. The molecule has 1 spiro atoms. The van der Waals surface area contributed by atoms with Gasteiger partial charge in [-0.1, -0.05) is 6.07 Å². The molecule has 128 valence electrons. The molecule has 1 atom stereocenters. The van der Waals surface area contributed by atoms with Gasteiger partial charge in [0, 0.05) is 50.5 Å². The number of aromatic nitrogens is 1. The van der Waals surface area contributed by atoms with Crippen LogP contribution in [0.4, 0.5) is 0 Å². The number of thiophene rings is 1. The SMILES string of the molecule is c1cncc(CN2CC[C@]3(COCCN(Cc4ccsc4)C3)C2)c1. The van der Waals surface area contributed by atoms with Crippen LogP contribution in [0.1, 0.15) is 17.5 Å². The Morgan fingerprint density at radius 1 is 1.12 bits per heavy atom. The number of nitrogens with zero attached hydrogens (tertiary/aromatic N) is 3.